The van der Waals surface area contributed by atoms with Crippen LogP contribution in [0, 0.1) is 5.92 Å². The lowest BCUT2D eigenvalue weighted by atomic mass is 9.82. The third-order valence-electron chi connectivity index (χ3n) is 7.46. The summed E-state index contributed by atoms with van der Waals surface area (Å²) in [5.41, 5.74) is -0.310. The van der Waals surface area contributed by atoms with Crippen LogP contribution in [0.15, 0.2) is 36.9 Å². The van der Waals surface area contributed by atoms with Crippen molar-refractivity contribution >= 4 is 25.9 Å². The molecule has 1 N–H and O–H groups in total. The molecule has 2 fully saturated rings. The number of benzene rings is 1. The first-order chi connectivity index (χ1) is 15.2. The van der Waals surface area contributed by atoms with Crippen LogP contribution in [0.4, 0.5) is 9.80 Å². The Hall–Kier alpha value is -2.03. The number of para-hydroxylation sites is 1. The Morgan fingerprint density at radius 3 is 2.78 bits per heavy atom. The first kappa shape index (κ1) is 23.1. The fourth-order valence-electron chi connectivity index (χ4n) is 6.16. The van der Waals surface area contributed by atoms with Gasteiger partial charge in [0.1, 0.15) is 0 Å². The molecule has 0 aromatic heterocycles. The van der Waals surface area contributed by atoms with Crippen molar-refractivity contribution in [2.75, 3.05) is 24.6 Å². The minimum Gasteiger partial charge on any atom is -0.394 e. The smallest absolute Gasteiger partial charge is 0.264 e. The number of likely N-dealkylation sites (tertiary alicyclic amines) is 1. The molecule has 4 rings (SSSR count). The molecule has 3 aliphatic heterocycles. The van der Waals surface area contributed by atoms with Crippen LogP contribution in [0.3, 0.4) is 0 Å². The van der Waals surface area contributed by atoms with E-state index in [-0.39, 0.29) is 30.9 Å². The van der Waals surface area contributed by atoms with Crippen LogP contribution in [0.2, 0.25) is 18.6 Å². The van der Waals surface area contributed by atoms with Crippen LogP contribution in [-0.4, -0.2) is 62.1 Å². The van der Waals surface area contributed by atoms with E-state index in [0.29, 0.717) is 13.1 Å². The van der Waals surface area contributed by atoms with Crippen molar-refractivity contribution in [1.82, 2.24) is 4.90 Å². The number of hydrogen-bond acceptors (Lipinski definition) is 4. The third kappa shape index (κ3) is 3.43. The van der Waals surface area contributed by atoms with Gasteiger partial charge in [-0.25, -0.2) is 0 Å². The number of nitrogens with zero attached hydrogens (tertiary/aromatic N) is 2. The first-order valence-corrected chi connectivity index (χ1v) is 14.4. The van der Waals surface area contributed by atoms with Gasteiger partial charge in [0.2, 0.25) is 14.3 Å². The summed E-state index contributed by atoms with van der Waals surface area (Å²) >= 11 is 0. The number of ether oxygens (including phenoxy) is 1. The lowest BCUT2D eigenvalue weighted by Crippen LogP contribution is -2.45. The highest BCUT2D eigenvalue weighted by molar-refractivity contribution is 6.72. The summed E-state index contributed by atoms with van der Waals surface area (Å²) in [7, 11) is -3.30. The van der Waals surface area contributed by atoms with Gasteiger partial charge in [0.15, 0.2) is 5.60 Å². The Morgan fingerprint density at radius 1 is 1.41 bits per heavy atom. The lowest BCUT2D eigenvalue weighted by Gasteiger charge is -2.31. The minimum absolute atomic E-state index is 0.0184. The molecule has 6 nitrogen and oxygen atoms in total. The number of carbonyl (C=O) groups excluding carboxylic acids is 2. The van der Waals surface area contributed by atoms with E-state index in [4.69, 9.17) is 4.74 Å². The number of halogens is 1. The van der Waals surface area contributed by atoms with E-state index in [2.05, 4.69) is 6.58 Å². The highest BCUT2D eigenvalue weighted by atomic mass is 28.4. The van der Waals surface area contributed by atoms with Gasteiger partial charge in [-0.3, -0.25) is 9.59 Å². The standard InChI is InChI=1S/C24H33FN2O4Si/c1-5-12-27-19-11-7-6-10-18(19)24(23(27)30)16(2)22(32(3,4)25)20(31-24)14-21(29)26-13-8-9-17(26)15-28/h5-7,10-11,16-17,20,22,28H,1,8-9,12-15H2,2-4H3/t16-,17-,20+,22-,24+/m0/s1. The largest absolute Gasteiger partial charge is 0.394 e. The van der Waals surface area contributed by atoms with Crippen LogP contribution in [0.1, 0.15) is 31.7 Å². The number of aliphatic hydroxyl groups is 1. The summed E-state index contributed by atoms with van der Waals surface area (Å²) in [6.45, 7) is 9.78. The molecule has 3 heterocycles. The maximum absolute atomic E-state index is 15.7. The van der Waals surface area contributed by atoms with Crippen molar-refractivity contribution in [3.63, 3.8) is 0 Å². The molecule has 8 heteroatoms. The van der Waals surface area contributed by atoms with Crippen molar-refractivity contribution in [3.8, 4) is 0 Å². The molecule has 1 aromatic carbocycles. The number of amides is 2. The maximum Gasteiger partial charge on any atom is 0.264 e. The number of rotatable bonds is 6. The second-order valence-corrected chi connectivity index (χ2v) is 13.6. The molecule has 3 aliphatic rings. The minimum atomic E-state index is -3.30. The molecule has 5 atom stereocenters. The molecule has 1 aromatic rings. The predicted octanol–water partition coefficient (Wildman–Crippen LogP) is 3.37. The Bertz CT molecular complexity index is 920. The first-order valence-electron chi connectivity index (χ1n) is 11.5. The summed E-state index contributed by atoms with van der Waals surface area (Å²) in [6, 6.07) is 7.30. The van der Waals surface area contributed by atoms with Gasteiger partial charge in [0, 0.05) is 30.1 Å². The van der Waals surface area contributed by atoms with Crippen LogP contribution in [0.25, 0.3) is 0 Å². The summed E-state index contributed by atoms with van der Waals surface area (Å²) < 4.78 is 22.2. The summed E-state index contributed by atoms with van der Waals surface area (Å²) in [6.07, 6.45) is 2.61. The number of aliphatic hydroxyl groups excluding tert-OH is 1. The SMILES string of the molecule is C=CCN1C(=O)[C@]2(O[C@H](CC(=O)N3CCC[C@H]3CO)[C@@H]([Si](C)(C)F)[C@@H]2C)c2ccccc21. The average Bonchev–Trinajstić information content (AvgIpc) is 3.39. The molecule has 0 radical (unpaired) electrons. The quantitative estimate of drug-likeness (QED) is 0.402. The lowest BCUT2D eigenvalue weighted by molar-refractivity contribution is -0.149. The molecule has 1 spiro atoms. The van der Waals surface area contributed by atoms with Gasteiger partial charge in [-0.1, -0.05) is 31.2 Å². The molecule has 174 valence electrons. The Morgan fingerprint density at radius 2 is 2.12 bits per heavy atom. The molecular formula is C24H33FN2O4Si. The highest BCUT2D eigenvalue weighted by Crippen LogP contribution is 2.60. The molecule has 0 unspecified atom stereocenters. The number of anilines is 1. The molecule has 0 saturated carbocycles. The molecule has 2 amide bonds. The van der Waals surface area contributed by atoms with Crippen LogP contribution < -0.4 is 4.90 Å². The maximum atomic E-state index is 15.7. The number of fused-ring (bicyclic) bond motifs is 2. The number of hydrogen-bond donors (Lipinski definition) is 1. The van der Waals surface area contributed by atoms with Gasteiger partial charge >= 0.3 is 0 Å². The Balaban J connectivity index is 1.72. The summed E-state index contributed by atoms with van der Waals surface area (Å²) in [4.78, 5) is 30.3. The van der Waals surface area contributed by atoms with Gasteiger partial charge in [0.25, 0.3) is 5.91 Å². The van der Waals surface area contributed by atoms with E-state index < -0.39 is 31.6 Å². The second kappa shape index (κ2) is 8.39. The topological polar surface area (TPSA) is 70.1 Å². The summed E-state index contributed by atoms with van der Waals surface area (Å²) in [5.74, 6) is -0.762. The van der Waals surface area contributed by atoms with Gasteiger partial charge in [-0.05, 0) is 32.0 Å². The Kier molecular flexibility index (Phi) is 6.07. The highest BCUT2D eigenvalue weighted by Gasteiger charge is 2.66. The average molecular weight is 461 g/mol. The van der Waals surface area contributed by atoms with E-state index >= 15 is 4.11 Å². The van der Waals surface area contributed by atoms with Crippen molar-refractivity contribution in [2.45, 2.75) is 62.6 Å². The molecule has 0 bridgehead atoms. The fourth-order valence-corrected chi connectivity index (χ4v) is 8.65. The van der Waals surface area contributed by atoms with E-state index in [1.54, 1.807) is 29.0 Å². The third-order valence-corrected chi connectivity index (χ3v) is 9.92. The molecular weight excluding hydrogens is 427 g/mol. The second-order valence-electron chi connectivity index (χ2n) is 9.76. The summed E-state index contributed by atoms with van der Waals surface area (Å²) in [5, 5.41) is 9.62. The van der Waals surface area contributed by atoms with E-state index in [9.17, 15) is 14.7 Å². The number of carbonyl (C=O) groups is 2. The normalized spacial score (nSPS) is 32.1. The van der Waals surface area contributed by atoms with Crippen LogP contribution in [0.5, 0.6) is 0 Å². The van der Waals surface area contributed by atoms with E-state index in [1.807, 2.05) is 31.2 Å². The van der Waals surface area contributed by atoms with Crippen molar-refractivity contribution < 1.29 is 23.5 Å². The fraction of sp³-hybridized carbons (Fsp3) is 0.583. The Labute approximate surface area is 190 Å². The van der Waals surface area contributed by atoms with Crippen molar-refractivity contribution in [3.05, 3.63) is 42.5 Å². The predicted molar refractivity (Wildman–Crippen MR) is 123 cm³/mol. The van der Waals surface area contributed by atoms with Gasteiger partial charge in [0.05, 0.1) is 30.9 Å². The molecule has 2 saturated heterocycles. The zero-order chi connectivity index (χ0) is 23.3. The zero-order valence-electron chi connectivity index (χ0n) is 19.1. The van der Waals surface area contributed by atoms with Crippen molar-refractivity contribution in [2.24, 2.45) is 5.92 Å². The van der Waals surface area contributed by atoms with E-state index in [1.165, 1.54) is 0 Å². The van der Waals surface area contributed by atoms with Gasteiger partial charge < -0.3 is 23.8 Å². The monoisotopic (exact) mass is 460 g/mol. The molecule has 32 heavy (non-hydrogen) atoms. The van der Waals surface area contributed by atoms with Gasteiger partial charge in [-0.15, -0.1) is 6.58 Å². The molecule has 0 aliphatic carbocycles. The van der Waals surface area contributed by atoms with Gasteiger partial charge in [-0.2, -0.15) is 0 Å². The zero-order valence-corrected chi connectivity index (χ0v) is 20.1. The van der Waals surface area contributed by atoms with Crippen LogP contribution >= 0.6 is 0 Å². The van der Waals surface area contributed by atoms with E-state index in [0.717, 1.165) is 24.1 Å². The van der Waals surface area contributed by atoms with Crippen molar-refractivity contribution in [1.29, 1.82) is 0 Å². The van der Waals surface area contributed by atoms with Crippen LogP contribution in [-0.2, 0) is 19.9 Å².